The number of amides is 3. The third-order valence-electron chi connectivity index (χ3n) is 2.83. The minimum atomic E-state index is -0.199. The summed E-state index contributed by atoms with van der Waals surface area (Å²) in [7, 11) is 0. The first-order valence-corrected chi connectivity index (χ1v) is 5.91. The smallest absolute Gasteiger partial charge is 0.315 e. The Labute approximate surface area is 101 Å². The van der Waals surface area contributed by atoms with E-state index < -0.39 is 0 Å². The number of rotatable bonds is 4. The molecule has 2 rings (SSSR count). The second kappa shape index (κ2) is 4.99. The van der Waals surface area contributed by atoms with Gasteiger partial charge in [-0.05, 0) is 18.6 Å². The molecule has 3 amide bonds. The lowest BCUT2D eigenvalue weighted by Gasteiger charge is -2.16. The first-order valence-electron chi connectivity index (χ1n) is 5.91. The van der Waals surface area contributed by atoms with Crippen LogP contribution in [0.4, 0.5) is 10.5 Å². The Bertz CT molecular complexity index is 417. The number of anilines is 1. The minimum Gasteiger partial charge on any atom is -0.315 e. The highest BCUT2D eigenvalue weighted by Crippen LogP contribution is 2.20. The maximum atomic E-state index is 12.1. The fourth-order valence-corrected chi connectivity index (χ4v) is 1.90. The third kappa shape index (κ3) is 2.30. The number of benzene rings is 1. The molecule has 1 aliphatic rings. The quantitative estimate of drug-likeness (QED) is 0.747. The summed E-state index contributed by atoms with van der Waals surface area (Å²) < 4.78 is 0. The Kier molecular flexibility index (Phi) is 3.42. The van der Waals surface area contributed by atoms with Crippen molar-refractivity contribution in [3.8, 4) is 0 Å². The normalized spacial score (nSPS) is 15.8. The molecule has 0 unspecified atom stereocenters. The van der Waals surface area contributed by atoms with E-state index in [4.69, 9.17) is 0 Å². The lowest BCUT2D eigenvalue weighted by Crippen LogP contribution is -2.33. The number of hydrogen-bond donors (Lipinski definition) is 0. The maximum absolute atomic E-state index is 12.1. The standard InChI is InChI=1S/C13H16N2O2/c1-2-3-9-14-10-12(16)15(13(14)17)11-7-5-4-6-8-11/h4-8H,2-3,9-10H2,1H3. The summed E-state index contributed by atoms with van der Waals surface area (Å²) >= 11 is 0. The Morgan fingerprint density at radius 3 is 2.53 bits per heavy atom. The predicted molar refractivity (Wildman–Crippen MR) is 65.8 cm³/mol. The average molecular weight is 232 g/mol. The maximum Gasteiger partial charge on any atom is 0.331 e. The van der Waals surface area contributed by atoms with Gasteiger partial charge in [-0.2, -0.15) is 0 Å². The van der Waals surface area contributed by atoms with Gasteiger partial charge in [-0.15, -0.1) is 0 Å². The molecule has 4 heteroatoms. The molecule has 1 heterocycles. The van der Waals surface area contributed by atoms with Gasteiger partial charge in [-0.1, -0.05) is 31.5 Å². The van der Waals surface area contributed by atoms with Crippen molar-refractivity contribution >= 4 is 17.6 Å². The van der Waals surface area contributed by atoms with Gasteiger partial charge in [-0.3, -0.25) is 4.79 Å². The molecule has 0 saturated carbocycles. The Morgan fingerprint density at radius 2 is 1.88 bits per heavy atom. The summed E-state index contributed by atoms with van der Waals surface area (Å²) in [5, 5.41) is 0. The van der Waals surface area contributed by atoms with E-state index in [-0.39, 0.29) is 18.5 Å². The van der Waals surface area contributed by atoms with Crippen LogP contribution in [0.1, 0.15) is 19.8 Å². The molecule has 1 saturated heterocycles. The third-order valence-corrected chi connectivity index (χ3v) is 2.83. The molecule has 0 atom stereocenters. The molecule has 90 valence electrons. The molecular weight excluding hydrogens is 216 g/mol. The number of carbonyl (C=O) groups excluding carboxylic acids is 2. The molecule has 0 spiro atoms. The van der Waals surface area contributed by atoms with Gasteiger partial charge in [0.25, 0.3) is 5.91 Å². The molecule has 0 aromatic heterocycles. The van der Waals surface area contributed by atoms with Crippen LogP contribution in [0.5, 0.6) is 0 Å². The van der Waals surface area contributed by atoms with E-state index in [2.05, 4.69) is 6.92 Å². The van der Waals surface area contributed by atoms with Crippen molar-refractivity contribution in [3.63, 3.8) is 0 Å². The number of nitrogens with zero attached hydrogens (tertiary/aromatic N) is 2. The number of para-hydroxylation sites is 1. The van der Waals surface area contributed by atoms with Crippen LogP contribution < -0.4 is 4.90 Å². The predicted octanol–water partition coefficient (Wildman–Crippen LogP) is 2.26. The zero-order chi connectivity index (χ0) is 12.3. The van der Waals surface area contributed by atoms with E-state index in [1.807, 2.05) is 18.2 Å². The molecule has 0 N–H and O–H groups in total. The van der Waals surface area contributed by atoms with Gasteiger partial charge in [0.1, 0.15) is 6.54 Å². The Hall–Kier alpha value is -1.84. The summed E-state index contributed by atoms with van der Waals surface area (Å²) in [5.74, 6) is -0.141. The molecule has 1 aromatic carbocycles. The van der Waals surface area contributed by atoms with Crippen LogP contribution in [0.3, 0.4) is 0 Å². The number of hydrogen-bond acceptors (Lipinski definition) is 2. The van der Waals surface area contributed by atoms with E-state index in [0.29, 0.717) is 12.2 Å². The Balaban J connectivity index is 2.15. The van der Waals surface area contributed by atoms with E-state index >= 15 is 0 Å². The molecule has 1 aromatic rings. The number of urea groups is 1. The molecule has 0 aliphatic carbocycles. The lowest BCUT2D eigenvalue weighted by atomic mass is 10.3. The molecule has 17 heavy (non-hydrogen) atoms. The van der Waals surface area contributed by atoms with Gasteiger partial charge in [0.2, 0.25) is 0 Å². The van der Waals surface area contributed by atoms with Crippen LogP contribution in [0.25, 0.3) is 0 Å². The van der Waals surface area contributed by atoms with Gasteiger partial charge in [0.15, 0.2) is 0 Å². The summed E-state index contributed by atoms with van der Waals surface area (Å²) in [6.07, 6.45) is 1.95. The summed E-state index contributed by atoms with van der Waals surface area (Å²) in [4.78, 5) is 26.7. The molecule has 1 aliphatic heterocycles. The van der Waals surface area contributed by atoms with Crippen LogP contribution in [-0.4, -0.2) is 29.9 Å². The summed E-state index contributed by atoms with van der Waals surface area (Å²) in [6, 6.07) is 8.87. The highest BCUT2D eigenvalue weighted by molar-refractivity contribution is 6.19. The first kappa shape index (κ1) is 11.6. The zero-order valence-corrected chi connectivity index (χ0v) is 9.93. The number of carbonyl (C=O) groups is 2. The van der Waals surface area contributed by atoms with Crippen molar-refractivity contribution in [2.45, 2.75) is 19.8 Å². The molecule has 0 bridgehead atoms. The SMILES string of the molecule is CCCCN1CC(=O)N(c2ccccc2)C1=O. The monoisotopic (exact) mass is 232 g/mol. The highest BCUT2D eigenvalue weighted by atomic mass is 16.2. The lowest BCUT2D eigenvalue weighted by molar-refractivity contribution is -0.116. The van der Waals surface area contributed by atoms with Crippen LogP contribution in [0.15, 0.2) is 30.3 Å². The van der Waals surface area contributed by atoms with Crippen LogP contribution in [0.2, 0.25) is 0 Å². The number of imide groups is 1. The van der Waals surface area contributed by atoms with Gasteiger partial charge in [0, 0.05) is 6.54 Å². The van der Waals surface area contributed by atoms with Crippen molar-refractivity contribution in [2.75, 3.05) is 18.0 Å². The largest absolute Gasteiger partial charge is 0.331 e. The topological polar surface area (TPSA) is 40.6 Å². The second-order valence-electron chi connectivity index (χ2n) is 4.12. The van der Waals surface area contributed by atoms with E-state index in [1.165, 1.54) is 4.90 Å². The molecule has 4 nitrogen and oxygen atoms in total. The fraction of sp³-hybridized carbons (Fsp3) is 0.385. The van der Waals surface area contributed by atoms with Crippen molar-refractivity contribution in [1.29, 1.82) is 0 Å². The fourth-order valence-electron chi connectivity index (χ4n) is 1.90. The van der Waals surface area contributed by atoms with Crippen molar-refractivity contribution in [1.82, 2.24) is 4.90 Å². The van der Waals surface area contributed by atoms with Crippen LogP contribution in [0, 0.1) is 0 Å². The second-order valence-corrected chi connectivity index (χ2v) is 4.12. The highest BCUT2D eigenvalue weighted by Gasteiger charge is 2.36. The van der Waals surface area contributed by atoms with E-state index in [9.17, 15) is 9.59 Å². The van der Waals surface area contributed by atoms with Gasteiger partial charge >= 0.3 is 6.03 Å². The van der Waals surface area contributed by atoms with Crippen LogP contribution >= 0.6 is 0 Å². The summed E-state index contributed by atoms with van der Waals surface area (Å²) in [5.41, 5.74) is 0.654. The first-order chi connectivity index (χ1) is 8.24. The number of unbranched alkanes of at least 4 members (excludes halogenated alkanes) is 1. The molecule has 1 fully saturated rings. The Morgan fingerprint density at radius 1 is 1.18 bits per heavy atom. The molecular formula is C13H16N2O2. The summed E-state index contributed by atoms with van der Waals surface area (Å²) in [6.45, 7) is 2.93. The zero-order valence-electron chi connectivity index (χ0n) is 9.93. The molecule has 0 radical (unpaired) electrons. The van der Waals surface area contributed by atoms with Crippen LogP contribution in [-0.2, 0) is 4.79 Å². The van der Waals surface area contributed by atoms with Crippen molar-refractivity contribution < 1.29 is 9.59 Å². The van der Waals surface area contributed by atoms with Gasteiger partial charge < -0.3 is 4.90 Å². The average Bonchev–Trinajstić information content (AvgIpc) is 2.63. The van der Waals surface area contributed by atoms with Gasteiger partial charge in [0.05, 0.1) is 5.69 Å². The van der Waals surface area contributed by atoms with Crippen molar-refractivity contribution in [2.24, 2.45) is 0 Å². The van der Waals surface area contributed by atoms with Gasteiger partial charge in [-0.25, -0.2) is 9.69 Å². The van der Waals surface area contributed by atoms with E-state index in [0.717, 1.165) is 12.8 Å². The van der Waals surface area contributed by atoms with Crippen molar-refractivity contribution in [3.05, 3.63) is 30.3 Å². The minimum absolute atomic E-state index is 0.141. The van der Waals surface area contributed by atoms with E-state index in [1.54, 1.807) is 17.0 Å².